The molecule has 0 radical (unpaired) electrons. The number of esters is 1. The zero-order valence-corrected chi connectivity index (χ0v) is 24.5. The van der Waals surface area contributed by atoms with Crippen molar-refractivity contribution in [2.24, 2.45) is 0 Å². The summed E-state index contributed by atoms with van der Waals surface area (Å²) in [5, 5.41) is 0. The molecule has 2 aromatic heterocycles. The molecule has 0 unspecified atom stereocenters. The molecule has 2 heterocycles. The number of carbonyl (C=O) groups excluding carboxylic acids is 1. The Kier molecular flexibility index (Phi) is 12.0. The van der Waals surface area contributed by atoms with Gasteiger partial charge in [-0.15, -0.1) is 0 Å². The molecule has 6 heteroatoms. The van der Waals surface area contributed by atoms with Crippen LogP contribution >= 0.6 is 0 Å². The van der Waals surface area contributed by atoms with E-state index in [-0.39, 0.29) is 0 Å². The Hall–Kier alpha value is -3.93. The lowest BCUT2D eigenvalue weighted by molar-refractivity contribution is 0.0735. The summed E-state index contributed by atoms with van der Waals surface area (Å²) in [4.78, 5) is 30.8. The molecule has 4 aromatic rings. The van der Waals surface area contributed by atoms with Crippen LogP contribution in [0.5, 0.6) is 5.75 Å². The summed E-state index contributed by atoms with van der Waals surface area (Å²) in [5.41, 5.74) is 4.54. The molecule has 0 fully saturated rings. The summed E-state index contributed by atoms with van der Waals surface area (Å²) in [5.74, 6) is 1.37. The summed E-state index contributed by atoms with van der Waals surface area (Å²) in [6.45, 7) is 4.46. The molecule has 0 saturated carbocycles. The minimum absolute atomic E-state index is 0.414. The minimum Gasteiger partial charge on any atom is -0.423 e. The highest BCUT2D eigenvalue weighted by molar-refractivity contribution is 5.91. The van der Waals surface area contributed by atoms with Crippen LogP contribution in [0.1, 0.15) is 99.5 Å². The molecule has 0 N–H and O–H groups in total. The number of rotatable bonds is 16. The second-order valence-electron chi connectivity index (χ2n) is 10.6. The van der Waals surface area contributed by atoms with Gasteiger partial charge in [-0.3, -0.25) is 0 Å². The average Bonchev–Trinajstić information content (AvgIpc) is 3.02. The van der Waals surface area contributed by atoms with Crippen molar-refractivity contribution in [2.45, 2.75) is 90.9 Å². The first-order chi connectivity index (χ1) is 20.2. The van der Waals surface area contributed by atoms with Crippen LogP contribution in [0.15, 0.2) is 73.3 Å². The van der Waals surface area contributed by atoms with Crippen molar-refractivity contribution in [3.8, 4) is 28.5 Å². The van der Waals surface area contributed by atoms with E-state index < -0.39 is 5.97 Å². The van der Waals surface area contributed by atoms with Gasteiger partial charge in [0.05, 0.1) is 5.56 Å². The Morgan fingerprint density at radius 1 is 0.561 bits per heavy atom. The molecule has 6 nitrogen and oxygen atoms in total. The highest BCUT2D eigenvalue weighted by atomic mass is 16.5. The van der Waals surface area contributed by atoms with E-state index in [4.69, 9.17) is 4.74 Å². The van der Waals surface area contributed by atoms with Crippen LogP contribution < -0.4 is 4.74 Å². The predicted octanol–water partition coefficient (Wildman–Crippen LogP) is 8.85. The first kappa shape index (κ1) is 30.0. The lowest BCUT2D eigenvalue weighted by Crippen LogP contribution is -2.08. The standard InChI is InChI=1S/C35H42N4O2/c1-3-5-7-9-10-12-14-28-25-38-34(39-26-28)30-19-21-32(22-20-30)41-35(40)31-17-15-29(16-18-31)33-36-23-27(24-37-33)13-11-8-6-4-2/h15-26H,3-14H2,1-2H3. The molecule has 4 rings (SSSR count). The van der Waals surface area contributed by atoms with Crippen LogP contribution in [0.25, 0.3) is 22.8 Å². The monoisotopic (exact) mass is 550 g/mol. The van der Waals surface area contributed by atoms with Crippen LogP contribution in [-0.2, 0) is 12.8 Å². The fourth-order valence-electron chi connectivity index (χ4n) is 4.72. The largest absolute Gasteiger partial charge is 0.423 e. The van der Waals surface area contributed by atoms with E-state index in [0.29, 0.717) is 23.0 Å². The van der Waals surface area contributed by atoms with E-state index in [2.05, 4.69) is 33.8 Å². The third-order valence-electron chi connectivity index (χ3n) is 7.25. The Labute approximate surface area is 244 Å². The van der Waals surface area contributed by atoms with Gasteiger partial charge in [0.25, 0.3) is 0 Å². The van der Waals surface area contributed by atoms with Crippen molar-refractivity contribution in [2.75, 3.05) is 0 Å². The van der Waals surface area contributed by atoms with E-state index in [1.807, 2.05) is 49.1 Å². The Balaban J connectivity index is 1.26. The van der Waals surface area contributed by atoms with Gasteiger partial charge in [-0.25, -0.2) is 24.7 Å². The van der Waals surface area contributed by atoms with Crippen molar-refractivity contribution in [1.82, 2.24) is 19.9 Å². The first-order valence-corrected chi connectivity index (χ1v) is 15.2. The van der Waals surface area contributed by atoms with Gasteiger partial charge in [0.1, 0.15) is 5.75 Å². The maximum atomic E-state index is 12.7. The lowest BCUT2D eigenvalue weighted by Gasteiger charge is -2.07. The van der Waals surface area contributed by atoms with E-state index in [9.17, 15) is 4.79 Å². The van der Waals surface area contributed by atoms with E-state index >= 15 is 0 Å². The summed E-state index contributed by atoms with van der Waals surface area (Å²) < 4.78 is 5.59. The van der Waals surface area contributed by atoms with Gasteiger partial charge in [-0.05, 0) is 73.2 Å². The van der Waals surface area contributed by atoms with Gasteiger partial charge < -0.3 is 4.74 Å². The molecule has 0 bridgehead atoms. The molecular formula is C35H42N4O2. The van der Waals surface area contributed by atoms with Crippen molar-refractivity contribution in [3.05, 3.63) is 90.0 Å². The van der Waals surface area contributed by atoms with Crippen LogP contribution in [0.4, 0.5) is 0 Å². The molecule has 0 spiro atoms. The van der Waals surface area contributed by atoms with Gasteiger partial charge in [-0.2, -0.15) is 0 Å². The molecule has 214 valence electrons. The van der Waals surface area contributed by atoms with Crippen LogP contribution in [0.3, 0.4) is 0 Å². The first-order valence-electron chi connectivity index (χ1n) is 15.2. The Morgan fingerprint density at radius 2 is 0.976 bits per heavy atom. The number of aryl methyl sites for hydroxylation is 2. The fourth-order valence-corrected chi connectivity index (χ4v) is 4.72. The van der Waals surface area contributed by atoms with E-state index in [0.717, 1.165) is 36.0 Å². The molecule has 0 saturated heterocycles. The molecule has 0 amide bonds. The average molecular weight is 551 g/mol. The predicted molar refractivity (Wildman–Crippen MR) is 165 cm³/mol. The van der Waals surface area contributed by atoms with Gasteiger partial charge in [0.15, 0.2) is 11.6 Å². The van der Waals surface area contributed by atoms with Gasteiger partial charge in [0, 0.05) is 35.9 Å². The SMILES string of the molecule is CCCCCCCCc1cnc(-c2ccc(OC(=O)c3ccc(-c4ncc(CCCCCC)cn4)cc3)cc2)nc1. The van der Waals surface area contributed by atoms with Crippen molar-refractivity contribution in [1.29, 1.82) is 0 Å². The maximum Gasteiger partial charge on any atom is 0.343 e. The van der Waals surface area contributed by atoms with E-state index in [1.165, 1.54) is 63.4 Å². The number of unbranched alkanes of at least 4 members (excludes halogenated alkanes) is 8. The molecular weight excluding hydrogens is 508 g/mol. The van der Waals surface area contributed by atoms with Crippen molar-refractivity contribution < 1.29 is 9.53 Å². The number of benzene rings is 2. The number of hydrogen-bond acceptors (Lipinski definition) is 6. The number of carbonyl (C=O) groups is 1. The molecule has 0 aliphatic carbocycles. The number of aromatic nitrogens is 4. The Morgan fingerprint density at radius 3 is 1.46 bits per heavy atom. The van der Waals surface area contributed by atoms with Crippen LogP contribution in [0, 0.1) is 0 Å². The van der Waals surface area contributed by atoms with Crippen molar-refractivity contribution in [3.63, 3.8) is 0 Å². The highest BCUT2D eigenvalue weighted by Crippen LogP contribution is 2.22. The molecule has 0 aliphatic heterocycles. The highest BCUT2D eigenvalue weighted by Gasteiger charge is 2.11. The van der Waals surface area contributed by atoms with Crippen LogP contribution in [0.2, 0.25) is 0 Å². The van der Waals surface area contributed by atoms with Gasteiger partial charge >= 0.3 is 5.97 Å². The smallest absolute Gasteiger partial charge is 0.343 e. The van der Waals surface area contributed by atoms with Crippen LogP contribution in [-0.4, -0.2) is 25.9 Å². The van der Waals surface area contributed by atoms with Crippen molar-refractivity contribution >= 4 is 5.97 Å². The number of nitrogens with zero attached hydrogens (tertiary/aromatic N) is 4. The summed E-state index contributed by atoms with van der Waals surface area (Å²) in [7, 11) is 0. The normalized spacial score (nSPS) is 11.0. The second kappa shape index (κ2) is 16.4. The molecule has 2 aromatic carbocycles. The molecule has 0 aliphatic rings. The Bertz CT molecular complexity index is 1320. The maximum absolute atomic E-state index is 12.7. The quantitative estimate of drug-likeness (QED) is 0.0788. The zero-order chi connectivity index (χ0) is 28.7. The third kappa shape index (κ3) is 9.59. The second-order valence-corrected chi connectivity index (χ2v) is 10.6. The van der Waals surface area contributed by atoms with Gasteiger partial charge in [0.2, 0.25) is 0 Å². The minimum atomic E-state index is -0.414. The molecule has 0 atom stereocenters. The topological polar surface area (TPSA) is 77.9 Å². The zero-order valence-electron chi connectivity index (χ0n) is 24.5. The molecule has 41 heavy (non-hydrogen) atoms. The van der Waals surface area contributed by atoms with E-state index in [1.54, 1.807) is 24.3 Å². The third-order valence-corrected chi connectivity index (χ3v) is 7.25. The number of hydrogen-bond donors (Lipinski definition) is 0. The fraction of sp³-hybridized carbons (Fsp3) is 0.400. The summed E-state index contributed by atoms with van der Waals surface area (Å²) in [6, 6.07) is 14.5. The lowest BCUT2D eigenvalue weighted by atomic mass is 10.1. The van der Waals surface area contributed by atoms with Gasteiger partial charge in [-0.1, -0.05) is 77.3 Å². The number of ether oxygens (including phenoxy) is 1. The summed E-state index contributed by atoms with van der Waals surface area (Å²) >= 11 is 0. The summed E-state index contributed by atoms with van der Waals surface area (Å²) in [6.07, 6.45) is 22.2.